The molecule has 2 fully saturated rings. The Hall–Kier alpha value is -3.61. The zero-order valence-electron chi connectivity index (χ0n) is 18.7. The van der Waals surface area contributed by atoms with E-state index in [1.54, 1.807) is 19.1 Å². The Morgan fingerprint density at radius 2 is 2.06 bits per heavy atom. The van der Waals surface area contributed by atoms with Crippen molar-refractivity contribution in [2.45, 2.75) is 39.2 Å². The average molecular weight is 458 g/mol. The fourth-order valence-electron chi connectivity index (χ4n) is 3.94. The van der Waals surface area contributed by atoms with E-state index in [0.717, 1.165) is 5.57 Å². The van der Waals surface area contributed by atoms with Crippen molar-refractivity contribution in [3.63, 3.8) is 0 Å². The summed E-state index contributed by atoms with van der Waals surface area (Å²) in [5.74, 6) is -1.11. The third kappa shape index (κ3) is 6.00. The highest BCUT2D eigenvalue weighted by atomic mass is 19.1. The second-order valence-corrected chi connectivity index (χ2v) is 7.85. The van der Waals surface area contributed by atoms with Crippen LogP contribution < -0.4 is 15.1 Å². The van der Waals surface area contributed by atoms with Crippen LogP contribution in [0.4, 0.5) is 20.6 Å². The maximum absolute atomic E-state index is 14.9. The van der Waals surface area contributed by atoms with Gasteiger partial charge >= 0.3 is 12.1 Å². The van der Waals surface area contributed by atoms with Gasteiger partial charge in [-0.05, 0) is 38.0 Å². The minimum absolute atomic E-state index is 0.0441. The van der Waals surface area contributed by atoms with Gasteiger partial charge in [0.2, 0.25) is 5.91 Å². The van der Waals surface area contributed by atoms with Crippen LogP contribution in [0.5, 0.6) is 0 Å². The van der Waals surface area contributed by atoms with E-state index < -0.39 is 24.0 Å². The Balaban J connectivity index is 1.64. The van der Waals surface area contributed by atoms with Gasteiger partial charge in [0.1, 0.15) is 11.9 Å². The molecule has 0 unspecified atom stereocenters. The van der Waals surface area contributed by atoms with Gasteiger partial charge in [-0.1, -0.05) is 5.57 Å². The van der Waals surface area contributed by atoms with Crippen molar-refractivity contribution in [2.24, 2.45) is 0 Å². The fraction of sp³-hybridized carbons (Fsp3) is 0.478. The Bertz CT molecular complexity index is 993. The molecule has 176 valence electrons. The van der Waals surface area contributed by atoms with Crippen LogP contribution in [0.1, 0.15) is 33.1 Å². The van der Waals surface area contributed by atoms with E-state index >= 15 is 0 Å². The van der Waals surface area contributed by atoms with Crippen LogP contribution in [0.25, 0.3) is 0 Å². The normalized spacial score (nSPS) is 17.9. The first-order chi connectivity index (χ1) is 15.8. The average Bonchev–Trinajstić information content (AvgIpc) is 3.17. The third-order valence-corrected chi connectivity index (χ3v) is 5.59. The number of hydrogen-bond acceptors (Lipinski definition) is 7. The van der Waals surface area contributed by atoms with E-state index in [-0.39, 0.29) is 32.0 Å². The highest BCUT2D eigenvalue weighted by Gasteiger charge is 2.33. The number of nitrogens with zero attached hydrogens (tertiary/aromatic N) is 3. The van der Waals surface area contributed by atoms with Gasteiger partial charge in [0.15, 0.2) is 0 Å². The molecule has 0 saturated carbocycles. The van der Waals surface area contributed by atoms with Crippen LogP contribution in [-0.4, -0.2) is 56.9 Å². The SMILES string of the molecule is CCOC(=O)CC(C#N)=C1CCN(c2ccc(N3C[C@H](CNC(C)=O)OC3=O)cc2F)CC1. The van der Waals surface area contributed by atoms with Gasteiger partial charge < -0.3 is 19.7 Å². The highest BCUT2D eigenvalue weighted by molar-refractivity contribution is 5.90. The second kappa shape index (κ2) is 10.8. The van der Waals surface area contributed by atoms with Crippen molar-refractivity contribution in [3.05, 3.63) is 35.2 Å². The molecule has 1 atom stereocenters. The standard InChI is InChI=1S/C23H27FN4O5/c1-3-32-22(30)10-17(12-25)16-6-8-27(9-7-16)21-5-4-18(11-20(21)24)28-14-19(33-23(28)31)13-26-15(2)29/h4-5,11,19H,3,6-10,13-14H2,1-2H3,(H,26,29)/t19-/m0/s1. The molecule has 2 heterocycles. The molecule has 0 spiro atoms. The van der Waals surface area contributed by atoms with Crippen LogP contribution >= 0.6 is 0 Å². The number of carbonyl (C=O) groups is 3. The maximum atomic E-state index is 14.9. The van der Waals surface area contributed by atoms with Crippen LogP contribution in [-0.2, 0) is 19.1 Å². The van der Waals surface area contributed by atoms with E-state index in [4.69, 9.17) is 9.47 Å². The fourth-order valence-corrected chi connectivity index (χ4v) is 3.94. The van der Waals surface area contributed by atoms with Crippen LogP contribution in [0.15, 0.2) is 29.3 Å². The summed E-state index contributed by atoms with van der Waals surface area (Å²) in [6, 6.07) is 6.68. The molecule has 0 bridgehead atoms. The first kappa shape index (κ1) is 24.0. The molecule has 0 aromatic heterocycles. The number of piperidine rings is 1. The zero-order valence-corrected chi connectivity index (χ0v) is 18.7. The molecule has 2 amide bonds. The van der Waals surface area contributed by atoms with Crippen molar-refractivity contribution in [1.29, 1.82) is 5.26 Å². The number of amides is 2. The lowest BCUT2D eigenvalue weighted by atomic mass is 9.96. The number of benzene rings is 1. The monoisotopic (exact) mass is 458 g/mol. The Morgan fingerprint density at radius 3 is 2.67 bits per heavy atom. The molecule has 1 aromatic carbocycles. The van der Waals surface area contributed by atoms with Gasteiger partial charge in [-0.15, -0.1) is 0 Å². The van der Waals surface area contributed by atoms with E-state index in [0.29, 0.717) is 42.9 Å². The minimum atomic E-state index is -0.587. The lowest BCUT2D eigenvalue weighted by Gasteiger charge is -2.31. The summed E-state index contributed by atoms with van der Waals surface area (Å²) in [7, 11) is 0. The number of hydrogen-bond donors (Lipinski definition) is 1. The molecular weight excluding hydrogens is 431 g/mol. The van der Waals surface area contributed by atoms with E-state index in [1.165, 1.54) is 17.9 Å². The summed E-state index contributed by atoms with van der Waals surface area (Å²) in [4.78, 5) is 38.2. The summed E-state index contributed by atoms with van der Waals surface area (Å²) in [6.07, 6.45) is -0.0341. The summed E-state index contributed by atoms with van der Waals surface area (Å²) in [5, 5.41) is 12.0. The lowest BCUT2D eigenvalue weighted by Crippen LogP contribution is -2.33. The lowest BCUT2D eigenvalue weighted by molar-refractivity contribution is -0.142. The number of rotatable bonds is 7. The first-order valence-corrected chi connectivity index (χ1v) is 10.9. The van der Waals surface area contributed by atoms with Crippen molar-refractivity contribution in [3.8, 4) is 6.07 Å². The molecule has 3 rings (SSSR count). The van der Waals surface area contributed by atoms with Gasteiger partial charge in [-0.2, -0.15) is 5.26 Å². The van der Waals surface area contributed by atoms with Gasteiger partial charge in [0.25, 0.3) is 0 Å². The Kier molecular flexibility index (Phi) is 7.87. The molecule has 10 heteroatoms. The molecular formula is C23H27FN4O5. The molecule has 2 aliphatic rings. The number of halogens is 1. The number of esters is 1. The highest BCUT2D eigenvalue weighted by Crippen LogP contribution is 2.31. The summed E-state index contributed by atoms with van der Waals surface area (Å²) >= 11 is 0. The molecule has 0 aliphatic carbocycles. The minimum Gasteiger partial charge on any atom is -0.466 e. The molecule has 1 aromatic rings. The molecule has 9 nitrogen and oxygen atoms in total. The summed E-state index contributed by atoms with van der Waals surface area (Å²) in [5.41, 5.74) is 2.10. The predicted octanol–water partition coefficient (Wildman–Crippen LogP) is 2.66. The number of ether oxygens (including phenoxy) is 2. The predicted molar refractivity (Wildman–Crippen MR) is 118 cm³/mol. The van der Waals surface area contributed by atoms with Crippen molar-refractivity contribution in [2.75, 3.05) is 42.6 Å². The van der Waals surface area contributed by atoms with Crippen molar-refractivity contribution >= 4 is 29.3 Å². The summed E-state index contributed by atoms with van der Waals surface area (Å²) in [6.45, 7) is 4.78. The molecule has 2 saturated heterocycles. The van der Waals surface area contributed by atoms with Gasteiger partial charge in [0, 0.05) is 25.6 Å². The quantitative estimate of drug-likeness (QED) is 0.494. The number of nitriles is 1. The maximum Gasteiger partial charge on any atom is 0.414 e. The number of carbonyl (C=O) groups excluding carboxylic acids is 3. The van der Waals surface area contributed by atoms with E-state index in [9.17, 15) is 24.0 Å². The number of anilines is 2. The van der Waals surface area contributed by atoms with Crippen LogP contribution in [0, 0.1) is 17.1 Å². The largest absolute Gasteiger partial charge is 0.466 e. The van der Waals surface area contributed by atoms with E-state index in [2.05, 4.69) is 11.4 Å². The topological polar surface area (TPSA) is 112 Å². The van der Waals surface area contributed by atoms with Gasteiger partial charge in [-0.3, -0.25) is 14.5 Å². The van der Waals surface area contributed by atoms with Crippen molar-refractivity contribution in [1.82, 2.24) is 5.32 Å². The van der Waals surface area contributed by atoms with Gasteiger partial charge in [-0.25, -0.2) is 9.18 Å². The van der Waals surface area contributed by atoms with Crippen LogP contribution in [0.3, 0.4) is 0 Å². The molecule has 0 radical (unpaired) electrons. The summed E-state index contributed by atoms with van der Waals surface area (Å²) < 4.78 is 25.1. The molecule has 2 aliphatic heterocycles. The zero-order chi connectivity index (χ0) is 24.0. The number of cyclic esters (lactones) is 1. The van der Waals surface area contributed by atoms with E-state index in [1.807, 2.05) is 4.90 Å². The van der Waals surface area contributed by atoms with Gasteiger partial charge in [0.05, 0.1) is 43.6 Å². The smallest absolute Gasteiger partial charge is 0.414 e. The number of nitrogens with one attached hydrogen (secondary N) is 1. The first-order valence-electron chi connectivity index (χ1n) is 10.9. The third-order valence-electron chi connectivity index (χ3n) is 5.59. The molecule has 1 N–H and O–H groups in total. The van der Waals surface area contributed by atoms with Crippen LogP contribution in [0.2, 0.25) is 0 Å². The second-order valence-electron chi connectivity index (χ2n) is 7.85. The van der Waals surface area contributed by atoms with Crippen molar-refractivity contribution < 1.29 is 28.2 Å². The Labute approximate surface area is 191 Å². The molecule has 33 heavy (non-hydrogen) atoms. The Morgan fingerprint density at radius 1 is 1.33 bits per heavy atom.